The number of carbonyl (C=O) groups excluding carboxylic acids is 1. The lowest BCUT2D eigenvalue weighted by Crippen LogP contribution is -2.33. The molecule has 0 aliphatic carbocycles. The number of rotatable bonds is 4. The van der Waals surface area contributed by atoms with Crippen molar-refractivity contribution in [1.29, 1.82) is 0 Å². The first-order chi connectivity index (χ1) is 14.9. The Morgan fingerprint density at radius 3 is 2.26 bits per heavy atom. The van der Waals surface area contributed by atoms with Gasteiger partial charge in [-0.25, -0.2) is 4.79 Å². The summed E-state index contributed by atoms with van der Waals surface area (Å²) in [4.78, 5) is 17.2. The lowest BCUT2D eigenvalue weighted by atomic mass is 9.86. The summed E-state index contributed by atoms with van der Waals surface area (Å²) in [5, 5.41) is 8.11. The molecule has 0 spiro atoms. The third-order valence-corrected chi connectivity index (χ3v) is 5.45. The highest BCUT2D eigenvalue weighted by molar-refractivity contribution is 6.01. The summed E-state index contributed by atoms with van der Waals surface area (Å²) >= 11 is 0. The fraction of sp³-hybridized carbons (Fsp3) is 0.185. The highest BCUT2D eigenvalue weighted by Crippen LogP contribution is 2.27. The summed E-state index contributed by atoms with van der Waals surface area (Å²) in [6, 6.07) is 25.7. The minimum absolute atomic E-state index is 0.0782. The maximum atomic E-state index is 13.0. The van der Waals surface area contributed by atoms with Crippen molar-refractivity contribution in [3.05, 3.63) is 108 Å². The number of urea groups is 1. The molecule has 2 amide bonds. The Labute approximate surface area is 183 Å². The van der Waals surface area contributed by atoms with Gasteiger partial charge in [0.05, 0.1) is 11.7 Å². The lowest BCUT2D eigenvalue weighted by molar-refractivity contribution is 0.250. The van der Waals surface area contributed by atoms with Gasteiger partial charge in [-0.1, -0.05) is 87.5 Å². The number of hydrogen-bond donors (Lipinski definition) is 2. The normalized spacial score (nSPS) is 12.4. The van der Waals surface area contributed by atoms with Crippen molar-refractivity contribution >= 4 is 22.5 Å². The van der Waals surface area contributed by atoms with Gasteiger partial charge >= 0.3 is 6.03 Å². The molecule has 0 saturated carbocycles. The maximum absolute atomic E-state index is 13.0. The van der Waals surface area contributed by atoms with Crippen LogP contribution in [0.25, 0.3) is 10.8 Å². The number of fused-ring (bicyclic) bond motifs is 1. The highest BCUT2D eigenvalue weighted by Gasteiger charge is 2.19. The van der Waals surface area contributed by atoms with E-state index in [1.807, 2.05) is 54.6 Å². The zero-order chi connectivity index (χ0) is 21.8. The average Bonchev–Trinajstić information content (AvgIpc) is 2.78. The van der Waals surface area contributed by atoms with Gasteiger partial charge in [-0.15, -0.1) is 0 Å². The van der Waals surface area contributed by atoms with E-state index >= 15 is 0 Å². The summed E-state index contributed by atoms with van der Waals surface area (Å²) in [7, 11) is 0. The van der Waals surface area contributed by atoms with Gasteiger partial charge in [-0.3, -0.25) is 4.98 Å². The Morgan fingerprint density at radius 1 is 0.839 bits per heavy atom. The molecule has 0 aliphatic rings. The second kappa shape index (κ2) is 8.60. The van der Waals surface area contributed by atoms with E-state index in [1.165, 1.54) is 5.56 Å². The SMILES string of the molecule is CC(C)(C)c1ccc(C(NC(=O)Nc2cccc3cnccc23)c2ccccc2)cc1. The first-order valence-corrected chi connectivity index (χ1v) is 10.5. The van der Waals surface area contributed by atoms with Crippen LogP contribution in [0.5, 0.6) is 0 Å². The molecule has 1 heterocycles. The largest absolute Gasteiger partial charge is 0.327 e. The van der Waals surface area contributed by atoms with E-state index in [0.29, 0.717) is 0 Å². The van der Waals surface area contributed by atoms with Crippen LogP contribution in [-0.2, 0) is 5.41 Å². The van der Waals surface area contributed by atoms with Gasteiger partial charge in [0.2, 0.25) is 0 Å². The van der Waals surface area contributed by atoms with E-state index < -0.39 is 0 Å². The Morgan fingerprint density at radius 2 is 1.55 bits per heavy atom. The highest BCUT2D eigenvalue weighted by atomic mass is 16.2. The topological polar surface area (TPSA) is 54.0 Å². The molecule has 1 atom stereocenters. The number of carbonyl (C=O) groups is 1. The molecular formula is C27H27N3O. The number of hydrogen-bond acceptors (Lipinski definition) is 2. The van der Waals surface area contributed by atoms with Crippen LogP contribution in [0.15, 0.2) is 91.3 Å². The first-order valence-electron chi connectivity index (χ1n) is 10.5. The summed E-state index contributed by atoms with van der Waals surface area (Å²) in [6.07, 6.45) is 3.52. The van der Waals surface area contributed by atoms with Crippen molar-refractivity contribution in [2.24, 2.45) is 0 Å². The minimum Gasteiger partial charge on any atom is -0.327 e. The standard InChI is InChI=1S/C27H27N3O/c1-27(2,3)22-14-12-20(13-15-22)25(19-8-5-4-6-9-19)30-26(31)29-24-11-7-10-21-18-28-17-16-23(21)24/h4-18,25H,1-3H3,(H2,29,30,31). The van der Waals surface area contributed by atoms with Crippen LogP contribution in [0, 0.1) is 0 Å². The Balaban J connectivity index is 1.61. The second-order valence-corrected chi connectivity index (χ2v) is 8.72. The van der Waals surface area contributed by atoms with Gasteiger partial charge in [0.1, 0.15) is 0 Å². The van der Waals surface area contributed by atoms with Crippen LogP contribution in [0.4, 0.5) is 10.5 Å². The van der Waals surface area contributed by atoms with E-state index in [2.05, 4.69) is 60.7 Å². The van der Waals surface area contributed by atoms with Crippen LogP contribution in [-0.4, -0.2) is 11.0 Å². The second-order valence-electron chi connectivity index (χ2n) is 8.72. The molecular weight excluding hydrogens is 382 g/mol. The van der Waals surface area contributed by atoms with Crippen molar-refractivity contribution < 1.29 is 4.79 Å². The van der Waals surface area contributed by atoms with Crippen molar-refractivity contribution in [1.82, 2.24) is 10.3 Å². The molecule has 0 bridgehead atoms. The van der Waals surface area contributed by atoms with Crippen LogP contribution in [0.2, 0.25) is 0 Å². The molecule has 0 radical (unpaired) electrons. The van der Waals surface area contributed by atoms with Crippen molar-refractivity contribution in [3.63, 3.8) is 0 Å². The molecule has 0 saturated heterocycles. The molecule has 4 nitrogen and oxygen atoms in total. The summed E-state index contributed by atoms with van der Waals surface area (Å²) in [6.45, 7) is 6.59. The van der Waals surface area contributed by atoms with Gasteiger partial charge in [0.25, 0.3) is 0 Å². The molecule has 0 fully saturated rings. The van der Waals surface area contributed by atoms with Gasteiger partial charge in [-0.2, -0.15) is 0 Å². The van der Waals surface area contributed by atoms with Crippen LogP contribution in [0.3, 0.4) is 0 Å². The lowest BCUT2D eigenvalue weighted by Gasteiger charge is -2.23. The molecule has 3 aromatic carbocycles. The molecule has 0 aliphatic heterocycles. The van der Waals surface area contributed by atoms with E-state index in [0.717, 1.165) is 27.6 Å². The van der Waals surface area contributed by atoms with Crippen molar-refractivity contribution in [2.45, 2.75) is 32.2 Å². The third kappa shape index (κ3) is 4.75. The quantitative estimate of drug-likeness (QED) is 0.407. The number of aromatic nitrogens is 1. The molecule has 1 unspecified atom stereocenters. The molecule has 1 aromatic heterocycles. The molecule has 4 aromatic rings. The van der Waals surface area contributed by atoms with E-state index in [-0.39, 0.29) is 17.5 Å². The van der Waals surface area contributed by atoms with E-state index in [1.54, 1.807) is 12.4 Å². The summed E-state index contributed by atoms with van der Waals surface area (Å²) in [5.41, 5.74) is 4.17. The third-order valence-electron chi connectivity index (χ3n) is 5.45. The van der Waals surface area contributed by atoms with E-state index in [4.69, 9.17) is 0 Å². The number of nitrogens with zero attached hydrogens (tertiary/aromatic N) is 1. The number of benzene rings is 3. The number of nitrogens with one attached hydrogen (secondary N) is 2. The summed E-state index contributed by atoms with van der Waals surface area (Å²) in [5.74, 6) is 0. The molecule has 4 rings (SSSR count). The van der Waals surface area contributed by atoms with E-state index in [9.17, 15) is 4.79 Å². The van der Waals surface area contributed by atoms with Crippen molar-refractivity contribution in [2.75, 3.05) is 5.32 Å². The fourth-order valence-corrected chi connectivity index (χ4v) is 3.70. The van der Waals surface area contributed by atoms with Gasteiger partial charge < -0.3 is 10.6 Å². The Hall–Kier alpha value is -3.66. The monoisotopic (exact) mass is 409 g/mol. The maximum Gasteiger partial charge on any atom is 0.320 e. The van der Waals surface area contributed by atoms with Crippen LogP contribution < -0.4 is 10.6 Å². The zero-order valence-corrected chi connectivity index (χ0v) is 18.1. The Bertz CT molecular complexity index is 1170. The number of amides is 2. The molecule has 4 heteroatoms. The minimum atomic E-state index is -0.258. The smallest absolute Gasteiger partial charge is 0.320 e. The predicted molar refractivity (Wildman–Crippen MR) is 127 cm³/mol. The molecule has 156 valence electrons. The number of pyridine rings is 1. The van der Waals surface area contributed by atoms with Gasteiger partial charge in [-0.05, 0) is 34.2 Å². The Kier molecular flexibility index (Phi) is 5.72. The first kappa shape index (κ1) is 20.6. The molecule has 2 N–H and O–H groups in total. The van der Waals surface area contributed by atoms with Crippen molar-refractivity contribution in [3.8, 4) is 0 Å². The summed E-state index contributed by atoms with van der Waals surface area (Å²) < 4.78 is 0. The predicted octanol–water partition coefficient (Wildman–Crippen LogP) is 6.44. The average molecular weight is 410 g/mol. The zero-order valence-electron chi connectivity index (χ0n) is 18.1. The van der Waals surface area contributed by atoms with Gasteiger partial charge in [0.15, 0.2) is 0 Å². The number of anilines is 1. The van der Waals surface area contributed by atoms with Crippen LogP contribution >= 0.6 is 0 Å². The fourth-order valence-electron chi connectivity index (χ4n) is 3.70. The molecule has 31 heavy (non-hydrogen) atoms. The van der Waals surface area contributed by atoms with Gasteiger partial charge in [0, 0.05) is 23.2 Å². The van der Waals surface area contributed by atoms with Crippen LogP contribution in [0.1, 0.15) is 43.5 Å².